The van der Waals surface area contributed by atoms with Crippen LogP contribution in [0.15, 0.2) is 24.3 Å². The third-order valence-electron chi connectivity index (χ3n) is 2.72. The number of methoxy groups -OCH3 is 1. The number of nitrogens with two attached hydrogens (primary N) is 1. The van der Waals surface area contributed by atoms with Gasteiger partial charge in [-0.15, -0.1) is 0 Å². The van der Waals surface area contributed by atoms with E-state index in [2.05, 4.69) is 10.2 Å². The summed E-state index contributed by atoms with van der Waals surface area (Å²) < 4.78 is 5.06. The molecule has 1 aromatic heterocycles. The number of anilines is 1. The molecule has 0 saturated carbocycles. The van der Waals surface area contributed by atoms with Gasteiger partial charge in [-0.05, 0) is 23.8 Å². The molecule has 6 heteroatoms. The fraction of sp³-hybridized carbons (Fsp3) is 0.0714. The molecule has 6 nitrogen and oxygen atoms in total. The second-order valence-corrected chi connectivity index (χ2v) is 3.91. The first kappa shape index (κ1) is 13.2. The van der Waals surface area contributed by atoms with Gasteiger partial charge in [0, 0.05) is 0 Å². The Bertz CT molecular complexity index is 728. The lowest BCUT2D eigenvalue weighted by molar-refractivity contribution is 0.415. The number of allylic oxidation sites excluding steroid dienone is 1. The zero-order valence-corrected chi connectivity index (χ0v) is 10.7. The van der Waals surface area contributed by atoms with E-state index in [-0.39, 0.29) is 17.0 Å². The van der Waals surface area contributed by atoms with Crippen LogP contribution in [0.5, 0.6) is 5.75 Å². The van der Waals surface area contributed by atoms with Crippen LogP contribution in [0.25, 0.3) is 11.6 Å². The minimum Gasteiger partial charge on any atom is -0.497 e. The second kappa shape index (κ2) is 5.59. The molecule has 0 atom stereocenters. The molecule has 0 saturated heterocycles. The molecule has 0 aliphatic heterocycles. The van der Waals surface area contributed by atoms with E-state index in [1.807, 2.05) is 24.3 Å². The van der Waals surface area contributed by atoms with Crippen LogP contribution in [-0.4, -0.2) is 17.3 Å². The molecule has 0 radical (unpaired) electrons. The number of nitrogen functional groups attached to an aromatic ring is 1. The van der Waals surface area contributed by atoms with Crippen LogP contribution in [-0.2, 0) is 0 Å². The normalized spacial score (nSPS) is 10.7. The van der Waals surface area contributed by atoms with E-state index in [4.69, 9.17) is 15.7 Å². The summed E-state index contributed by atoms with van der Waals surface area (Å²) in [6.45, 7) is 0. The molecule has 20 heavy (non-hydrogen) atoms. The molecule has 2 rings (SSSR count). The van der Waals surface area contributed by atoms with Crippen LogP contribution >= 0.6 is 0 Å². The van der Waals surface area contributed by atoms with Crippen LogP contribution in [0.3, 0.4) is 0 Å². The van der Waals surface area contributed by atoms with Gasteiger partial charge in [0.25, 0.3) is 0 Å². The van der Waals surface area contributed by atoms with Crippen molar-refractivity contribution in [2.24, 2.45) is 0 Å². The summed E-state index contributed by atoms with van der Waals surface area (Å²) in [6.07, 6.45) is 1.65. The number of rotatable bonds is 3. The van der Waals surface area contributed by atoms with Gasteiger partial charge in [-0.1, -0.05) is 12.1 Å². The fourth-order valence-corrected chi connectivity index (χ4v) is 1.69. The van der Waals surface area contributed by atoms with Crippen LogP contribution in [0.1, 0.15) is 16.8 Å². The van der Waals surface area contributed by atoms with Crippen molar-refractivity contribution < 1.29 is 4.74 Å². The molecular formula is C14H11N5O. The highest BCUT2D eigenvalue weighted by atomic mass is 16.5. The minimum absolute atomic E-state index is 0.0818. The molecule has 0 aliphatic rings. The molecule has 0 fully saturated rings. The highest BCUT2D eigenvalue weighted by Crippen LogP contribution is 2.23. The molecule has 2 aromatic rings. The molecule has 0 unspecified atom stereocenters. The van der Waals surface area contributed by atoms with Crippen molar-refractivity contribution in [1.82, 2.24) is 10.2 Å². The Labute approximate surface area is 115 Å². The quantitative estimate of drug-likeness (QED) is 0.823. The zero-order valence-electron chi connectivity index (χ0n) is 10.7. The summed E-state index contributed by atoms with van der Waals surface area (Å²) >= 11 is 0. The average molecular weight is 265 g/mol. The van der Waals surface area contributed by atoms with Crippen molar-refractivity contribution >= 4 is 17.5 Å². The van der Waals surface area contributed by atoms with Gasteiger partial charge in [-0.3, -0.25) is 5.10 Å². The van der Waals surface area contributed by atoms with Crippen molar-refractivity contribution in [3.05, 3.63) is 41.1 Å². The summed E-state index contributed by atoms with van der Waals surface area (Å²) in [4.78, 5) is 0. The predicted molar refractivity (Wildman–Crippen MR) is 74.2 cm³/mol. The molecule has 0 amide bonds. The predicted octanol–water partition coefficient (Wildman–Crippen LogP) is 1.94. The zero-order chi connectivity index (χ0) is 14.5. The van der Waals surface area contributed by atoms with Gasteiger partial charge in [0.1, 0.15) is 23.5 Å². The lowest BCUT2D eigenvalue weighted by Gasteiger charge is -2.00. The average Bonchev–Trinajstić information content (AvgIpc) is 2.86. The highest BCUT2D eigenvalue weighted by Gasteiger charge is 2.14. The number of aromatic nitrogens is 2. The molecule has 98 valence electrons. The summed E-state index contributed by atoms with van der Waals surface area (Å²) in [5.41, 5.74) is 7.15. The third-order valence-corrected chi connectivity index (χ3v) is 2.72. The molecule has 0 spiro atoms. The lowest BCUT2D eigenvalue weighted by Crippen LogP contribution is -1.90. The van der Waals surface area contributed by atoms with Gasteiger partial charge < -0.3 is 10.5 Å². The van der Waals surface area contributed by atoms with Crippen molar-refractivity contribution in [3.8, 4) is 17.9 Å². The highest BCUT2D eigenvalue weighted by molar-refractivity contribution is 5.91. The number of ether oxygens (including phenoxy) is 1. The fourth-order valence-electron chi connectivity index (χ4n) is 1.69. The number of hydrogen-bond donors (Lipinski definition) is 2. The molecule has 3 N–H and O–H groups in total. The Morgan fingerprint density at radius 1 is 1.35 bits per heavy atom. The Balaban J connectivity index is 2.44. The standard InChI is InChI=1S/C14H11N5O/c1-20-11-4-2-9(3-5-11)6-10(7-15)13-12(8-16)14(17)19-18-13/h2-6H,1H3,(H3,17,18,19)/b10-6+. The molecule has 0 aliphatic carbocycles. The maximum atomic E-state index is 9.23. The van der Waals surface area contributed by atoms with Crippen LogP contribution in [0.4, 0.5) is 5.82 Å². The third kappa shape index (κ3) is 2.45. The minimum atomic E-state index is 0.0818. The summed E-state index contributed by atoms with van der Waals surface area (Å²) in [5, 5.41) is 24.6. The van der Waals surface area contributed by atoms with Gasteiger partial charge >= 0.3 is 0 Å². The van der Waals surface area contributed by atoms with Gasteiger partial charge in [0.2, 0.25) is 0 Å². The summed E-state index contributed by atoms with van der Waals surface area (Å²) in [5.74, 6) is 0.808. The Kier molecular flexibility index (Phi) is 3.69. The van der Waals surface area contributed by atoms with Gasteiger partial charge in [-0.25, -0.2) is 0 Å². The Morgan fingerprint density at radius 3 is 2.60 bits per heavy atom. The Hall–Kier alpha value is -3.25. The van der Waals surface area contributed by atoms with E-state index >= 15 is 0 Å². The molecule has 1 heterocycles. The van der Waals surface area contributed by atoms with Crippen molar-refractivity contribution in [3.63, 3.8) is 0 Å². The smallest absolute Gasteiger partial charge is 0.163 e. The van der Waals surface area contributed by atoms with E-state index < -0.39 is 0 Å². The first-order chi connectivity index (χ1) is 9.69. The summed E-state index contributed by atoms with van der Waals surface area (Å²) in [6, 6.07) is 11.2. The van der Waals surface area contributed by atoms with Crippen LogP contribution < -0.4 is 10.5 Å². The topological polar surface area (TPSA) is 112 Å². The maximum absolute atomic E-state index is 9.23. The number of nitrogens with zero attached hydrogens (tertiary/aromatic N) is 3. The van der Waals surface area contributed by atoms with E-state index in [1.54, 1.807) is 25.3 Å². The number of aromatic amines is 1. The largest absolute Gasteiger partial charge is 0.497 e. The van der Waals surface area contributed by atoms with Crippen molar-refractivity contribution in [2.75, 3.05) is 12.8 Å². The van der Waals surface area contributed by atoms with Crippen LogP contribution in [0.2, 0.25) is 0 Å². The van der Waals surface area contributed by atoms with Gasteiger partial charge in [0.15, 0.2) is 5.82 Å². The number of nitriles is 2. The number of hydrogen-bond acceptors (Lipinski definition) is 5. The van der Waals surface area contributed by atoms with Crippen LogP contribution in [0, 0.1) is 22.7 Å². The Morgan fingerprint density at radius 2 is 2.05 bits per heavy atom. The van der Waals surface area contributed by atoms with Crippen molar-refractivity contribution in [2.45, 2.75) is 0 Å². The number of nitrogens with one attached hydrogen (secondary N) is 1. The second-order valence-electron chi connectivity index (χ2n) is 3.91. The first-order valence-electron chi connectivity index (χ1n) is 5.69. The SMILES string of the molecule is COc1ccc(/C=C(\C#N)c2[nH]nc(N)c2C#N)cc1. The number of benzene rings is 1. The van der Waals surface area contributed by atoms with E-state index in [1.165, 1.54) is 0 Å². The summed E-state index contributed by atoms with van der Waals surface area (Å²) in [7, 11) is 1.58. The first-order valence-corrected chi connectivity index (χ1v) is 5.69. The maximum Gasteiger partial charge on any atom is 0.163 e. The number of H-pyrrole nitrogens is 1. The monoisotopic (exact) mass is 265 g/mol. The van der Waals surface area contributed by atoms with E-state index in [9.17, 15) is 5.26 Å². The lowest BCUT2D eigenvalue weighted by atomic mass is 10.1. The molecule has 0 bridgehead atoms. The van der Waals surface area contributed by atoms with Gasteiger partial charge in [0.05, 0.1) is 18.4 Å². The van der Waals surface area contributed by atoms with E-state index in [0.717, 1.165) is 11.3 Å². The van der Waals surface area contributed by atoms with Gasteiger partial charge in [-0.2, -0.15) is 15.6 Å². The van der Waals surface area contributed by atoms with Crippen molar-refractivity contribution in [1.29, 1.82) is 10.5 Å². The molecular weight excluding hydrogens is 254 g/mol. The van der Waals surface area contributed by atoms with E-state index in [0.29, 0.717) is 5.69 Å². The molecule has 1 aromatic carbocycles.